The van der Waals surface area contributed by atoms with Gasteiger partial charge in [-0.2, -0.15) is 0 Å². The van der Waals surface area contributed by atoms with Crippen LogP contribution in [-0.2, 0) is 0 Å². The van der Waals surface area contributed by atoms with Crippen LogP contribution in [0.15, 0.2) is 0 Å². The van der Waals surface area contributed by atoms with Crippen LogP contribution in [-0.4, -0.2) is 25.1 Å². The van der Waals surface area contributed by atoms with E-state index in [1.54, 1.807) is 12.1 Å². The SMILES string of the molecule is CCC(C)N([SiH]1CCCC1)C(C)(C)C. The summed E-state index contributed by atoms with van der Waals surface area (Å²) in [5.41, 5.74) is 0.399. The summed E-state index contributed by atoms with van der Waals surface area (Å²) in [7, 11) is -0.563. The van der Waals surface area contributed by atoms with Crippen molar-refractivity contribution >= 4 is 8.96 Å². The van der Waals surface area contributed by atoms with Crippen molar-refractivity contribution < 1.29 is 0 Å². The second kappa shape index (κ2) is 4.80. The molecule has 84 valence electrons. The van der Waals surface area contributed by atoms with Crippen molar-refractivity contribution in [1.29, 1.82) is 0 Å². The van der Waals surface area contributed by atoms with Crippen molar-refractivity contribution in [3.05, 3.63) is 0 Å². The van der Waals surface area contributed by atoms with Gasteiger partial charge < -0.3 is 4.57 Å². The fourth-order valence-corrected chi connectivity index (χ4v) is 7.34. The Labute approximate surface area is 91.6 Å². The third-order valence-electron chi connectivity index (χ3n) is 3.56. The van der Waals surface area contributed by atoms with Crippen LogP contribution in [0.1, 0.15) is 53.9 Å². The fourth-order valence-electron chi connectivity index (χ4n) is 2.95. The molecule has 1 aliphatic rings. The lowest BCUT2D eigenvalue weighted by molar-refractivity contribution is 0.190. The Bertz CT molecular complexity index is 168. The quantitative estimate of drug-likeness (QED) is 0.650. The van der Waals surface area contributed by atoms with Gasteiger partial charge in [-0.15, -0.1) is 0 Å². The Morgan fingerprint density at radius 2 is 1.71 bits per heavy atom. The van der Waals surface area contributed by atoms with Gasteiger partial charge in [-0.1, -0.05) is 26.7 Å². The molecular weight excluding hydrogens is 186 g/mol. The summed E-state index contributed by atoms with van der Waals surface area (Å²) in [6.07, 6.45) is 4.31. The van der Waals surface area contributed by atoms with Gasteiger partial charge in [-0.3, -0.25) is 0 Å². The van der Waals surface area contributed by atoms with Crippen LogP contribution in [0.25, 0.3) is 0 Å². The Kier molecular flexibility index (Phi) is 4.20. The van der Waals surface area contributed by atoms with E-state index in [1.807, 2.05) is 0 Å². The first kappa shape index (κ1) is 12.2. The molecular formula is C12H27NSi. The minimum atomic E-state index is -0.563. The van der Waals surface area contributed by atoms with Gasteiger partial charge >= 0.3 is 0 Å². The smallest absolute Gasteiger partial charge is 0.112 e. The Hall–Kier alpha value is 0.177. The molecule has 0 N–H and O–H groups in total. The third-order valence-corrected chi connectivity index (χ3v) is 7.78. The molecule has 0 spiro atoms. The molecule has 1 rings (SSSR count). The number of nitrogens with zero attached hydrogens (tertiary/aromatic N) is 1. The van der Waals surface area contributed by atoms with Crippen LogP contribution >= 0.6 is 0 Å². The van der Waals surface area contributed by atoms with E-state index in [0.717, 1.165) is 6.04 Å². The molecule has 14 heavy (non-hydrogen) atoms. The van der Waals surface area contributed by atoms with E-state index in [2.05, 4.69) is 39.2 Å². The molecule has 1 atom stereocenters. The molecule has 1 aliphatic heterocycles. The normalized spacial score (nSPS) is 21.9. The van der Waals surface area contributed by atoms with Crippen molar-refractivity contribution in [1.82, 2.24) is 4.57 Å². The average Bonchev–Trinajstić information content (AvgIpc) is 2.54. The minimum Gasteiger partial charge on any atom is -0.319 e. The van der Waals surface area contributed by atoms with Crippen LogP contribution in [0, 0.1) is 0 Å². The van der Waals surface area contributed by atoms with Gasteiger partial charge in [0, 0.05) is 11.6 Å². The van der Waals surface area contributed by atoms with Gasteiger partial charge in [0.2, 0.25) is 0 Å². The maximum Gasteiger partial charge on any atom is 0.112 e. The van der Waals surface area contributed by atoms with E-state index in [4.69, 9.17) is 0 Å². The first-order chi connectivity index (χ1) is 6.46. The molecule has 0 aromatic rings. The van der Waals surface area contributed by atoms with Crippen molar-refractivity contribution in [2.75, 3.05) is 0 Å². The predicted octanol–water partition coefficient (Wildman–Crippen LogP) is 3.40. The maximum atomic E-state index is 2.89. The summed E-state index contributed by atoms with van der Waals surface area (Å²) in [6, 6.07) is 3.91. The second-order valence-corrected chi connectivity index (χ2v) is 8.79. The predicted molar refractivity (Wildman–Crippen MR) is 67.3 cm³/mol. The molecule has 0 aliphatic carbocycles. The highest BCUT2D eigenvalue weighted by Gasteiger charge is 2.34. The average molecular weight is 213 g/mol. The zero-order valence-electron chi connectivity index (χ0n) is 10.6. The summed E-state index contributed by atoms with van der Waals surface area (Å²) in [4.78, 5) is 0. The fraction of sp³-hybridized carbons (Fsp3) is 1.00. The van der Waals surface area contributed by atoms with Crippen LogP contribution in [0.3, 0.4) is 0 Å². The summed E-state index contributed by atoms with van der Waals surface area (Å²) in [6.45, 7) is 11.9. The molecule has 1 saturated heterocycles. The van der Waals surface area contributed by atoms with E-state index in [9.17, 15) is 0 Å². The van der Waals surface area contributed by atoms with Gasteiger partial charge in [0.15, 0.2) is 0 Å². The van der Waals surface area contributed by atoms with E-state index in [1.165, 1.54) is 19.3 Å². The van der Waals surface area contributed by atoms with Gasteiger partial charge in [0.1, 0.15) is 8.96 Å². The van der Waals surface area contributed by atoms with Crippen molar-refractivity contribution in [3.63, 3.8) is 0 Å². The summed E-state index contributed by atoms with van der Waals surface area (Å²) in [5.74, 6) is 0. The number of rotatable bonds is 3. The van der Waals surface area contributed by atoms with E-state index >= 15 is 0 Å². The number of hydrogen-bond donors (Lipinski definition) is 0. The highest BCUT2D eigenvalue weighted by Crippen LogP contribution is 2.30. The largest absolute Gasteiger partial charge is 0.319 e. The molecule has 0 bridgehead atoms. The molecule has 1 fully saturated rings. The van der Waals surface area contributed by atoms with Gasteiger partial charge in [-0.05, 0) is 39.3 Å². The van der Waals surface area contributed by atoms with Crippen LogP contribution in [0.5, 0.6) is 0 Å². The molecule has 0 radical (unpaired) electrons. The molecule has 1 unspecified atom stereocenters. The highest BCUT2D eigenvalue weighted by molar-refractivity contribution is 6.56. The van der Waals surface area contributed by atoms with Gasteiger partial charge in [0.05, 0.1) is 0 Å². The molecule has 1 heterocycles. The first-order valence-electron chi connectivity index (χ1n) is 6.25. The van der Waals surface area contributed by atoms with E-state index in [0.29, 0.717) is 5.54 Å². The standard InChI is InChI=1S/C12H27NSi/c1-6-11(2)13(12(3,4)5)14-9-7-8-10-14/h11,14H,6-10H2,1-5H3. The first-order valence-corrected chi connectivity index (χ1v) is 8.40. The van der Waals surface area contributed by atoms with Crippen molar-refractivity contribution in [3.8, 4) is 0 Å². The topological polar surface area (TPSA) is 3.24 Å². The van der Waals surface area contributed by atoms with Crippen molar-refractivity contribution in [2.45, 2.75) is 77.6 Å². The lowest BCUT2D eigenvalue weighted by atomic mass is 10.1. The summed E-state index contributed by atoms with van der Waals surface area (Å²) >= 11 is 0. The van der Waals surface area contributed by atoms with Crippen LogP contribution < -0.4 is 0 Å². The Morgan fingerprint density at radius 3 is 2.07 bits per heavy atom. The van der Waals surface area contributed by atoms with Gasteiger partial charge in [-0.25, -0.2) is 0 Å². The zero-order chi connectivity index (χ0) is 10.8. The van der Waals surface area contributed by atoms with Crippen LogP contribution in [0.2, 0.25) is 12.1 Å². The molecule has 0 amide bonds. The van der Waals surface area contributed by atoms with E-state index in [-0.39, 0.29) is 0 Å². The van der Waals surface area contributed by atoms with Crippen molar-refractivity contribution in [2.24, 2.45) is 0 Å². The Balaban J connectivity index is 2.70. The van der Waals surface area contributed by atoms with E-state index < -0.39 is 8.96 Å². The molecule has 1 nitrogen and oxygen atoms in total. The second-order valence-electron chi connectivity index (χ2n) is 5.77. The lowest BCUT2D eigenvalue weighted by Gasteiger charge is -2.44. The zero-order valence-corrected chi connectivity index (χ0v) is 11.8. The monoisotopic (exact) mass is 213 g/mol. The maximum absolute atomic E-state index is 2.89. The number of hydrogen-bond acceptors (Lipinski definition) is 1. The molecule has 0 aromatic heterocycles. The summed E-state index contributed by atoms with van der Waals surface area (Å²) < 4.78 is 2.89. The third kappa shape index (κ3) is 2.83. The summed E-state index contributed by atoms with van der Waals surface area (Å²) in [5, 5.41) is 0. The van der Waals surface area contributed by atoms with Crippen LogP contribution in [0.4, 0.5) is 0 Å². The highest BCUT2D eigenvalue weighted by atomic mass is 28.3. The molecule has 0 saturated carbocycles. The van der Waals surface area contributed by atoms with Gasteiger partial charge in [0.25, 0.3) is 0 Å². The lowest BCUT2D eigenvalue weighted by Crippen LogP contribution is -2.54. The minimum absolute atomic E-state index is 0.399. The Morgan fingerprint density at radius 1 is 1.21 bits per heavy atom. The molecule has 2 heteroatoms. The molecule has 0 aromatic carbocycles.